The summed E-state index contributed by atoms with van der Waals surface area (Å²) in [6.45, 7) is 8.17. The van der Waals surface area contributed by atoms with Crippen LogP contribution in [0.4, 0.5) is 4.79 Å². The van der Waals surface area contributed by atoms with Crippen LogP contribution in [0, 0.1) is 0 Å². The summed E-state index contributed by atoms with van der Waals surface area (Å²) in [6, 6.07) is 5.94. The molecular weight excluding hydrogens is 294 g/mol. The Kier molecular flexibility index (Phi) is 3.92. The number of amides is 1. The van der Waals surface area contributed by atoms with Crippen LogP contribution >= 0.6 is 0 Å². The van der Waals surface area contributed by atoms with E-state index in [9.17, 15) is 4.79 Å². The molecule has 0 bridgehead atoms. The van der Waals surface area contributed by atoms with Gasteiger partial charge in [0.1, 0.15) is 23.0 Å². The Morgan fingerprint density at radius 3 is 2.91 bits per heavy atom. The third-order valence-corrected chi connectivity index (χ3v) is 3.90. The van der Waals surface area contributed by atoms with E-state index in [1.807, 2.05) is 45.9 Å². The molecule has 124 valence electrons. The Hall–Kier alpha value is -2.24. The second kappa shape index (κ2) is 5.76. The monoisotopic (exact) mass is 317 g/mol. The quantitative estimate of drug-likeness (QED) is 0.922. The normalized spacial score (nSPS) is 21.7. The fourth-order valence-electron chi connectivity index (χ4n) is 2.86. The van der Waals surface area contributed by atoms with Crippen molar-refractivity contribution in [2.24, 2.45) is 0 Å². The van der Waals surface area contributed by atoms with Gasteiger partial charge in [0.05, 0.1) is 12.7 Å². The molecule has 3 rings (SSSR count). The SMILES string of the molecule is C[C@H]1C[C@@H](Oc2cccc3cn[nH]c23)CN1C(=O)OC(C)(C)C. The molecule has 0 radical (unpaired) electrons. The maximum Gasteiger partial charge on any atom is 0.410 e. The predicted molar refractivity (Wildman–Crippen MR) is 87.5 cm³/mol. The second-order valence-electron chi connectivity index (χ2n) is 7.05. The maximum atomic E-state index is 12.3. The van der Waals surface area contributed by atoms with Crippen molar-refractivity contribution in [2.45, 2.75) is 51.9 Å². The smallest absolute Gasteiger partial charge is 0.410 e. The van der Waals surface area contributed by atoms with Gasteiger partial charge in [0.2, 0.25) is 0 Å². The van der Waals surface area contributed by atoms with Gasteiger partial charge in [-0.2, -0.15) is 5.10 Å². The van der Waals surface area contributed by atoms with Crippen molar-refractivity contribution < 1.29 is 14.3 Å². The first-order chi connectivity index (χ1) is 10.8. The molecule has 1 fully saturated rings. The van der Waals surface area contributed by atoms with Crippen molar-refractivity contribution in [3.05, 3.63) is 24.4 Å². The summed E-state index contributed by atoms with van der Waals surface area (Å²) in [5, 5.41) is 8.02. The predicted octanol–water partition coefficient (Wildman–Crippen LogP) is 3.34. The first-order valence-electron chi connectivity index (χ1n) is 7.92. The number of H-pyrrole nitrogens is 1. The minimum atomic E-state index is -0.489. The van der Waals surface area contributed by atoms with Crippen LogP contribution in [-0.2, 0) is 4.74 Å². The van der Waals surface area contributed by atoms with Gasteiger partial charge in [-0.3, -0.25) is 5.10 Å². The third-order valence-electron chi connectivity index (χ3n) is 3.90. The molecule has 1 aliphatic heterocycles. The Bertz CT molecular complexity index is 704. The van der Waals surface area contributed by atoms with E-state index in [4.69, 9.17) is 9.47 Å². The molecule has 0 saturated carbocycles. The van der Waals surface area contributed by atoms with E-state index in [0.717, 1.165) is 23.1 Å². The van der Waals surface area contributed by atoms with Crippen molar-refractivity contribution in [1.29, 1.82) is 0 Å². The van der Waals surface area contributed by atoms with Gasteiger partial charge in [-0.1, -0.05) is 12.1 Å². The highest BCUT2D eigenvalue weighted by molar-refractivity contribution is 5.83. The van der Waals surface area contributed by atoms with Crippen LogP contribution in [0.15, 0.2) is 24.4 Å². The number of para-hydroxylation sites is 1. The molecular formula is C17H23N3O3. The van der Waals surface area contributed by atoms with E-state index in [-0.39, 0.29) is 18.2 Å². The molecule has 1 saturated heterocycles. The summed E-state index contributed by atoms with van der Waals surface area (Å²) >= 11 is 0. The van der Waals surface area contributed by atoms with E-state index < -0.39 is 5.60 Å². The number of hydrogen-bond donors (Lipinski definition) is 1. The number of aromatic nitrogens is 2. The van der Waals surface area contributed by atoms with Crippen molar-refractivity contribution in [1.82, 2.24) is 15.1 Å². The van der Waals surface area contributed by atoms with Crippen LogP contribution in [0.5, 0.6) is 5.75 Å². The number of benzene rings is 1. The molecule has 1 aliphatic rings. The molecule has 2 atom stereocenters. The number of aromatic amines is 1. The minimum Gasteiger partial charge on any atom is -0.486 e. The van der Waals surface area contributed by atoms with Gasteiger partial charge in [-0.25, -0.2) is 4.79 Å². The van der Waals surface area contributed by atoms with Gasteiger partial charge in [0.25, 0.3) is 0 Å². The molecule has 1 aromatic heterocycles. The highest BCUT2D eigenvalue weighted by Crippen LogP contribution is 2.28. The first-order valence-corrected chi connectivity index (χ1v) is 7.92. The summed E-state index contributed by atoms with van der Waals surface area (Å²) in [6.07, 6.45) is 2.22. The lowest BCUT2D eigenvalue weighted by molar-refractivity contribution is 0.0224. The highest BCUT2D eigenvalue weighted by atomic mass is 16.6. The zero-order chi connectivity index (χ0) is 16.6. The van der Waals surface area contributed by atoms with Crippen molar-refractivity contribution in [3.8, 4) is 5.75 Å². The van der Waals surface area contributed by atoms with Gasteiger partial charge in [0.15, 0.2) is 0 Å². The zero-order valence-electron chi connectivity index (χ0n) is 14.0. The molecule has 6 nitrogen and oxygen atoms in total. The Morgan fingerprint density at radius 1 is 1.39 bits per heavy atom. The van der Waals surface area contributed by atoms with Crippen LogP contribution in [0.3, 0.4) is 0 Å². The van der Waals surface area contributed by atoms with Crippen LogP contribution in [0.25, 0.3) is 10.9 Å². The number of hydrogen-bond acceptors (Lipinski definition) is 4. The highest BCUT2D eigenvalue weighted by Gasteiger charge is 2.36. The summed E-state index contributed by atoms with van der Waals surface area (Å²) in [5.41, 5.74) is 0.396. The minimum absolute atomic E-state index is 0.0496. The van der Waals surface area contributed by atoms with Crippen LogP contribution in [-0.4, -0.2) is 45.5 Å². The number of likely N-dealkylation sites (tertiary alicyclic amines) is 1. The van der Waals surface area contributed by atoms with Gasteiger partial charge in [-0.15, -0.1) is 0 Å². The average Bonchev–Trinajstić information content (AvgIpc) is 3.04. The van der Waals surface area contributed by atoms with Crippen LogP contribution in [0.1, 0.15) is 34.1 Å². The Labute approximate surface area is 135 Å². The molecule has 23 heavy (non-hydrogen) atoms. The Balaban J connectivity index is 1.69. The fraction of sp³-hybridized carbons (Fsp3) is 0.529. The van der Waals surface area contributed by atoms with Crippen molar-refractivity contribution >= 4 is 17.0 Å². The maximum absolute atomic E-state index is 12.3. The molecule has 0 unspecified atom stereocenters. The zero-order valence-corrected chi connectivity index (χ0v) is 14.0. The van der Waals surface area contributed by atoms with Gasteiger partial charge in [0, 0.05) is 17.8 Å². The van der Waals surface area contributed by atoms with Crippen LogP contribution in [0.2, 0.25) is 0 Å². The standard InChI is InChI=1S/C17H23N3O3/c1-11-8-13(10-20(11)16(21)23-17(2,3)4)22-14-7-5-6-12-9-18-19-15(12)14/h5-7,9,11,13H,8,10H2,1-4H3,(H,18,19)/t11-,13+/m0/s1. The van der Waals surface area contributed by atoms with Gasteiger partial charge in [-0.05, 0) is 33.8 Å². The van der Waals surface area contributed by atoms with E-state index in [1.54, 1.807) is 11.1 Å². The van der Waals surface area contributed by atoms with Gasteiger partial charge < -0.3 is 14.4 Å². The van der Waals surface area contributed by atoms with E-state index in [1.165, 1.54) is 0 Å². The molecule has 2 aromatic rings. The largest absolute Gasteiger partial charge is 0.486 e. The van der Waals surface area contributed by atoms with E-state index in [0.29, 0.717) is 6.54 Å². The number of nitrogens with one attached hydrogen (secondary N) is 1. The third kappa shape index (κ3) is 3.41. The molecule has 2 heterocycles. The Morgan fingerprint density at radius 2 is 2.17 bits per heavy atom. The summed E-state index contributed by atoms with van der Waals surface area (Å²) in [5.74, 6) is 0.767. The molecule has 6 heteroatoms. The first kappa shape index (κ1) is 15.6. The summed E-state index contributed by atoms with van der Waals surface area (Å²) in [4.78, 5) is 14.0. The van der Waals surface area contributed by atoms with Crippen LogP contribution < -0.4 is 4.74 Å². The lowest BCUT2D eigenvalue weighted by Crippen LogP contribution is -2.39. The average molecular weight is 317 g/mol. The molecule has 0 aliphatic carbocycles. The lowest BCUT2D eigenvalue weighted by atomic mass is 10.2. The van der Waals surface area contributed by atoms with Gasteiger partial charge >= 0.3 is 6.09 Å². The molecule has 1 N–H and O–H groups in total. The molecule has 1 amide bonds. The second-order valence-corrected chi connectivity index (χ2v) is 7.05. The van der Waals surface area contributed by atoms with E-state index >= 15 is 0 Å². The molecule has 0 spiro atoms. The number of nitrogens with zero attached hydrogens (tertiary/aromatic N) is 2. The molecule has 1 aromatic carbocycles. The summed E-state index contributed by atoms with van der Waals surface area (Å²) < 4.78 is 11.6. The number of rotatable bonds is 2. The number of ether oxygens (including phenoxy) is 2. The number of carbonyl (C=O) groups excluding carboxylic acids is 1. The fourth-order valence-corrected chi connectivity index (χ4v) is 2.86. The lowest BCUT2D eigenvalue weighted by Gasteiger charge is -2.26. The van der Waals surface area contributed by atoms with Crippen molar-refractivity contribution in [3.63, 3.8) is 0 Å². The number of fused-ring (bicyclic) bond motifs is 1. The van der Waals surface area contributed by atoms with E-state index in [2.05, 4.69) is 10.2 Å². The topological polar surface area (TPSA) is 67.5 Å². The van der Waals surface area contributed by atoms with Crippen molar-refractivity contribution in [2.75, 3.05) is 6.54 Å². The number of carbonyl (C=O) groups is 1. The summed E-state index contributed by atoms with van der Waals surface area (Å²) in [7, 11) is 0.